The molecule has 11 nitrogen and oxygen atoms in total. The van der Waals surface area contributed by atoms with Crippen molar-refractivity contribution in [3.63, 3.8) is 0 Å². The molecular weight excluding hydrogens is 362 g/mol. The van der Waals surface area contributed by atoms with E-state index < -0.39 is 29.0 Å². The fraction of sp³-hybridized carbons (Fsp3) is 0.438. The van der Waals surface area contributed by atoms with E-state index in [2.05, 4.69) is 13.2 Å². The molecule has 1 aliphatic heterocycles. The van der Waals surface area contributed by atoms with E-state index in [1.54, 1.807) is 0 Å². The lowest BCUT2D eigenvalue weighted by Gasteiger charge is -2.13. The predicted molar refractivity (Wildman–Crippen MR) is 91.3 cm³/mol. The lowest BCUT2D eigenvalue weighted by atomic mass is 10.4. The zero-order valence-corrected chi connectivity index (χ0v) is 14.5. The zero-order valence-electron chi connectivity index (χ0n) is 14.5. The van der Waals surface area contributed by atoms with Gasteiger partial charge >= 0.3 is 29.0 Å². The SMILES string of the molecule is C=CC(=O)OCCn1c(=O)n(CCOC(=O)C=C)c(=O)n(CC2CO2)c1=O. The average Bonchev–Trinajstić information content (AvgIpc) is 3.48. The fourth-order valence-electron chi connectivity index (χ4n) is 2.19. The number of ether oxygens (including phenoxy) is 3. The summed E-state index contributed by atoms with van der Waals surface area (Å²) in [6.45, 7) is 5.83. The molecular formula is C16H19N3O8. The van der Waals surface area contributed by atoms with E-state index >= 15 is 0 Å². The Hall–Kier alpha value is -3.21. The minimum absolute atomic E-state index is 0.0170. The number of hydrogen-bond donors (Lipinski definition) is 0. The van der Waals surface area contributed by atoms with Crippen molar-refractivity contribution in [1.82, 2.24) is 13.7 Å². The van der Waals surface area contributed by atoms with E-state index in [1.807, 2.05) is 0 Å². The number of carbonyl (C=O) groups is 2. The number of carbonyl (C=O) groups excluding carboxylic acids is 2. The minimum atomic E-state index is -0.901. The Bertz CT molecular complexity index is 855. The highest BCUT2D eigenvalue weighted by Crippen LogP contribution is 2.08. The van der Waals surface area contributed by atoms with Gasteiger partial charge in [0.15, 0.2) is 0 Å². The molecule has 1 atom stereocenters. The van der Waals surface area contributed by atoms with Crippen LogP contribution < -0.4 is 17.1 Å². The first-order chi connectivity index (χ1) is 12.9. The summed E-state index contributed by atoms with van der Waals surface area (Å²) in [7, 11) is 0. The van der Waals surface area contributed by atoms with Crippen LogP contribution in [-0.4, -0.2) is 51.6 Å². The van der Waals surface area contributed by atoms with Gasteiger partial charge in [0, 0.05) is 12.2 Å². The Balaban J connectivity index is 2.32. The van der Waals surface area contributed by atoms with Gasteiger partial charge in [-0.15, -0.1) is 0 Å². The fourth-order valence-corrected chi connectivity index (χ4v) is 2.19. The molecule has 2 heterocycles. The summed E-state index contributed by atoms with van der Waals surface area (Å²) in [5.41, 5.74) is -2.58. The summed E-state index contributed by atoms with van der Waals surface area (Å²) in [5.74, 6) is -1.42. The standard InChI is InChI=1S/C16H19N3O8/c1-3-12(20)25-7-5-17-14(22)18(6-8-26-13(21)4-2)16(24)19(15(17)23)9-11-10-27-11/h3-4,11H,1-2,5-10H2. The number of esters is 2. The Morgan fingerprint density at radius 3 is 1.70 bits per heavy atom. The Labute approximate surface area is 152 Å². The van der Waals surface area contributed by atoms with Gasteiger partial charge in [-0.25, -0.2) is 37.7 Å². The molecule has 0 amide bonds. The lowest BCUT2D eigenvalue weighted by Crippen LogP contribution is -2.55. The van der Waals surface area contributed by atoms with Gasteiger partial charge < -0.3 is 14.2 Å². The maximum Gasteiger partial charge on any atom is 0.336 e. The first-order valence-corrected chi connectivity index (χ1v) is 8.03. The van der Waals surface area contributed by atoms with Crippen LogP contribution in [0, 0.1) is 0 Å². The molecule has 1 aliphatic rings. The van der Waals surface area contributed by atoms with E-state index in [0.717, 1.165) is 25.9 Å². The van der Waals surface area contributed by atoms with E-state index in [9.17, 15) is 24.0 Å². The molecule has 27 heavy (non-hydrogen) atoms. The van der Waals surface area contributed by atoms with Crippen molar-refractivity contribution >= 4 is 11.9 Å². The molecule has 1 unspecified atom stereocenters. The molecule has 0 spiro atoms. The first kappa shape index (κ1) is 20.1. The predicted octanol–water partition coefficient (Wildman–Crippen LogP) is -1.97. The van der Waals surface area contributed by atoms with Crippen LogP contribution in [-0.2, 0) is 43.4 Å². The molecule has 1 aromatic heterocycles. The third-order valence-corrected chi connectivity index (χ3v) is 3.63. The number of rotatable bonds is 10. The molecule has 1 fully saturated rings. The molecule has 11 heteroatoms. The van der Waals surface area contributed by atoms with Gasteiger partial charge in [-0.2, -0.15) is 0 Å². The monoisotopic (exact) mass is 381 g/mol. The van der Waals surface area contributed by atoms with Gasteiger partial charge in [-0.3, -0.25) is 0 Å². The van der Waals surface area contributed by atoms with Crippen LogP contribution in [0.4, 0.5) is 0 Å². The molecule has 146 valence electrons. The van der Waals surface area contributed by atoms with E-state index in [-0.39, 0.29) is 39.0 Å². The van der Waals surface area contributed by atoms with Crippen molar-refractivity contribution in [2.75, 3.05) is 19.8 Å². The molecule has 0 N–H and O–H groups in total. The van der Waals surface area contributed by atoms with Crippen LogP contribution in [0.2, 0.25) is 0 Å². The highest BCUT2D eigenvalue weighted by atomic mass is 16.6. The molecule has 0 aromatic carbocycles. The van der Waals surface area contributed by atoms with Crippen molar-refractivity contribution in [2.24, 2.45) is 0 Å². The van der Waals surface area contributed by atoms with Crippen LogP contribution in [0.15, 0.2) is 39.7 Å². The quantitative estimate of drug-likeness (QED) is 0.259. The van der Waals surface area contributed by atoms with Gasteiger partial charge in [0.1, 0.15) is 13.2 Å². The summed E-state index contributed by atoms with van der Waals surface area (Å²) in [6.07, 6.45) is 1.60. The number of nitrogens with zero attached hydrogens (tertiary/aromatic N) is 3. The van der Waals surface area contributed by atoms with Crippen LogP contribution >= 0.6 is 0 Å². The van der Waals surface area contributed by atoms with Crippen molar-refractivity contribution in [1.29, 1.82) is 0 Å². The van der Waals surface area contributed by atoms with E-state index in [0.29, 0.717) is 6.61 Å². The molecule has 1 aromatic rings. The Morgan fingerprint density at radius 1 is 0.926 bits per heavy atom. The highest BCUT2D eigenvalue weighted by Gasteiger charge is 2.26. The van der Waals surface area contributed by atoms with Crippen LogP contribution in [0.3, 0.4) is 0 Å². The summed E-state index contributed by atoms with van der Waals surface area (Å²) in [6, 6.07) is 0. The van der Waals surface area contributed by atoms with Gasteiger partial charge in [-0.05, 0) is 0 Å². The van der Waals surface area contributed by atoms with Crippen LogP contribution in [0.5, 0.6) is 0 Å². The molecule has 2 rings (SSSR count). The third kappa shape index (κ3) is 5.14. The zero-order chi connectivity index (χ0) is 20.0. The summed E-state index contributed by atoms with van der Waals surface area (Å²) >= 11 is 0. The number of aromatic nitrogens is 3. The maximum atomic E-state index is 12.5. The second-order valence-electron chi connectivity index (χ2n) is 5.46. The van der Waals surface area contributed by atoms with Crippen LogP contribution in [0.25, 0.3) is 0 Å². The second kappa shape index (κ2) is 8.94. The van der Waals surface area contributed by atoms with Crippen LogP contribution in [0.1, 0.15) is 0 Å². The van der Waals surface area contributed by atoms with Crippen molar-refractivity contribution in [3.05, 3.63) is 56.8 Å². The van der Waals surface area contributed by atoms with Crippen molar-refractivity contribution in [2.45, 2.75) is 25.7 Å². The molecule has 1 saturated heterocycles. The minimum Gasteiger partial charge on any atom is -0.461 e. The van der Waals surface area contributed by atoms with E-state index in [1.165, 1.54) is 0 Å². The lowest BCUT2D eigenvalue weighted by molar-refractivity contribution is -0.138. The van der Waals surface area contributed by atoms with Crippen molar-refractivity contribution in [3.8, 4) is 0 Å². The van der Waals surface area contributed by atoms with Crippen molar-refractivity contribution < 1.29 is 23.8 Å². The second-order valence-corrected chi connectivity index (χ2v) is 5.46. The Kier molecular flexibility index (Phi) is 6.66. The van der Waals surface area contributed by atoms with Gasteiger partial charge in [-0.1, -0.05) is 13.2 Å². The highest BCUT2D eigenvalue weighted by molar-refractivity contribution is 5.81. The third-order valence-electron chi connectivity index (χ3n) is 3.63. The van der Waals surface area contributed by atoms with Gasteiger partial charge in [0.05, 0.1) is 32.3 Å². The smallest absolute Gasteiger partial charge is 0.336 e. The molecule has 0 saturated carbocycles. The molecule has 0 radical (unpaired) electrons. The summed E-state index contributed by atoms with van der Waals surface area (Å²) in [4.78, 5) is 59.7. The first-order valence-electron chi connectivity index (χ1n) is 8.03. The average molecular weight is 381 g/mol. The number of epoxide rings is 1. The molecule has 0 aliphatic carbocycles. The largest absolute Gasteiger partial charge is 0.461 e. The maximum absolute atomic E-state index is 12.5. The van der Waals surface area contributed by atoms with E-state index in [4.69, 9.17) is 14.2 Å². The Morgan fingerprint density at radius 2 is 1.33 bits per heavy atom. The normalized spacial score (nSPS) is 15.0. The summed E-state index contributed by atoms with van der Waals surface area (Å²) in [5, 5.41) is 0. The van der Waals surface area contributed by atoms with Gasteiger partial charge in [0.25, 0.3) is 0 Å². The molecule has 0 bridgehead atoms. The summed E-state index contributed by atoms with van der Waals surface area (Å²) < 4.78 is 17.0. The topological polar surface area (TPSA) is 131 Å². The van der Waals surface area contributed by atoms with Gasteiger partial charge in [0.2, 0.25) is 0 Å². The number of hydrogen-bond acceptors (Lipinski definition) is 8.